The fourth-order valence-corrected chi connectivity index (χ4v) is 5.03. The summed E-state index contributed by atoms with van der Waals surface area (Å²) < 4.78 is 26.7. The fourth-order valence-electron chi connectivity index (χ4n) is 3.82. The summed E-state index contributed by atoms with van der Waals surface area (Å²) in [5, 5.41) is 3.60. The Balaban J connectivity index is 2.48. The first-order valence-electron chi connectivity index (χ1n) is 12.0. The molecule has 0 bridgehead atoms. The van der Waals surface area contributed by atoms with Gasteiger partial charge in [-0.25, -0.2) is 8.42 Å². The monoisotopic (exact) mass is 555 g/mol. The number of anilines is 1. The van der Waals surface area contributed by atoms with Crippen molar-refractivity contribution in [2.24, 2.45) is 5.92 Å². The van der Waals surface area contributed by atoms with Gasteiger partial charge < -0.3 is 10.2 Å². The number of amides is 2. The molecule has 0 aromatic heterocycles. The normalized spacial score (nSPS) is 12.3. The minimum absolute atomic E-state index is 0.0658. The first-order chi connectivity index (χ1) is 16.9. The number of hydrogen-bond donors (Lipinski definition) is 1. The quantitative estimate of drug-likeness (QED) is 0.403. The van der Waals surface area contributed by atoms with Gasteiger partial charge in [0.2, 0.25) is 21.8 Å². The maximum absolute atomic E-state index is 13.8. The van der Waals surface area contributed by atoms with Gasteiger partial charge in [-0.05, 0) is 48.1 Å². The highest BCUT2D eigenvalue weighted by molar-refractivity contribution is 7.92. The Kier molecular flexibility index (Phi) is 11.1. The van der Waals surface area contributed by atoms with Crippen molar-refractivity contribution >= 4 is 50.7 Å². The summed E-state index contributed by atoms with van der Waals surface area (Å²) in [5.74, 6) is -0.555. The van der Waals surface area contributed by atoms with E-state index in [1.165, 1.54) is 4.90 Å². The summed E-state index contributed by atoms with van der Waals surface area (Å²) in [6, 6.07) is 11.3. The Morgan fingerprint density at radius 3 is 2.25 bits per heavy atom. The molecule has 10 heteroatoms. The molecule has 1 atom stereocenters. The summed E-state index contributed by atoms with van der Waals surface area (Å²) in [5.41, 5.74) is 1.92. The molecule has 0 unspecified atom stereocenters. The van der Waals surface area contributed by atoms with E-state index in [9.17, 15) is 18.0 Å². The highest BCUT2D eigenvalue weighted by Gasteiger charge is 2.32. The zero-order valence-corrected chi connectivity index (χ0v) is 23.8. The van der Waals surface area contributed by atoms with Gasteiger partial charge in [-0.2, -0.15) is 0 Å². The first kappa shape index (κ1) is 29.9. The van der Waals surface area contributed by atoms with Crippen molar-refractivity contribution in [3.05, 3.63) is 63.6 Å². The second kappa shape index (κ2) is 13.3. The number of rotatable bonds is 12. The average Bonchev–Trinajstić information content (AvgIpc) is 2.82. The molecule has 0 radical (unpaired) electrons. The van der Waals surface area contributed by atoms with Gasteiger partial charge in [-0.15, -0.1) is 0 Å². The average molecular weight is 557 g/mol. The van der Waals surface area contributed by atoms with Crippen LogP contribution in [-0.4, -0.2) is 50.5 Å². The lowest BCUT2D eigenvalue weighted by Gasteiger charge is -2.33. The number of para-hydroxylation sites is 1. The van der Waals surface area contributed by atoms with E-state index >= 15 is 0 Å². The number of nitrogens with zero attached hydrogens (tertiary/aromatic N) is 2. The van der Waals surface area contributed by atoms with Crippen LogP contribution in [0.5, 0.6) is 0 Å². The number of benzene rings is 2. The van der Waals surface area contributed by atoms with Gasteiger partial charge in [0.05, 0.1) is 22.0 Å². The third-order valence-electron chi connectivity index (χ3n) is 5.73. The summed E-state index contributed by atoms with van der Waals surface area (Å²) in [6.45, 7) is 7.79. The highest BCUT2D eigenvalue weighted by atomic mass is 35.5. The van der Waals surface area contributed by atoms with Crippen LogP contribution in [0.2, 0.25) is 10.0 Å². The molecule has 0 spiro atoms. The number of sulfonamides is 1. The minimum atomic E-state index is -3.79. The van der Waals surface area contributed by atoms with Crippen LogP contribution in [0.3, 0.4) is 0 Å². The Morgan fingerprint density at radius 2 is 1.69 bits per heavy atom. The fraction of sp³-hybridized carbons (Fsp3) is 0.462. The Morgan fingerprint density at radius 1 is 1.03 bits per heavy atom. The van der Waals surface area contributed by atoms with Gasteiger partial charge in [0.25, 0.3) is 0 Å². The maximum Gasteiger partial charge on any atom is 0.244 e. The SMILES string of the molecule is CCc1ccccc1N(CC(=O)N(Cc1ccc(Cl)c(Cl)c1)[C@H](CC)C(=O)NCC(C)C)S(C)(=O)=O. The van der Waals surface area contributed by atoms with E-state index in [0.29, 0.717) is 40.7 Å². The Bertz CT molecular complexity index is 1170. The number of carbonyl (C=O) groups excluding carboxylic acids is 2. The summed E-state index contributed by atoms with van der Waals surface area (Å²) in [7, 11) is -3.79. The van der Waals surface area contributed by atoms with Gasteiger partial charge in [0.15, 0.2) is 0 Å². The van der Waals surface area contributed by atoms with Crippen LogP contribution >= 0.6 is 23.2 Å². The molecular weight excluding hydrogens is 521 g/mol. The molecule has 1 N–H and O–H groups in total. The lowest BCUT2D eigenvalue weighted by atomic mass is 10.1. The number of hydrogen-bond acceptors (Lipinski definition) is 4. The molecule has 198 valence electrons. The van der Waals surface area contributed by atoms with Crippen molar-refractivity contribution in [2.75, 3.05) is 23.7 Å². The van der Waals surface area contributed by atoms with Crippen molar-refractivity contribution in [1.82, 2.24) is 10.2 Å². The lowest BCUT2D eigenvalue weighted by Crippen LogP contribution is -2.52. The van der Waals surface area contributed by atoms with E-state index in [0.717, 1.165) is 16.1 Å². The third kappa shape index (κ3) is 8.11. The molecule has 36 heavy (non-hydrogen) atoms. The predicted molar refractivity (Wildman–Crippen MR) is 147 cm³/mol. The van der Waals surface area contributed by atoms with Gasteiger partial charge >= 0.3 is 0 Å². The van der Waals surface area contributed by atoms with Crippen molar-refractivity contribution in [1.29, 1.82) is 0 Å². The van der Waals surface area contributed by atoms with Crippen molar-refractivity contribution < 1.29 is 18.0 Å². The number of nitrogens with one attached hydrogen (secondary N) is 1. The summed E-state index contributed by atoms with van der Waals surface area (Å²) >= 11 is 12.2. The first-order valence-corrected chi connectivity index (χ1v) is 14.6. The third-order valence-corrected chi connectivity index (χ3v) is 7.59. The minimum Gasteiger partial charge on any atom is -0.354 e. The Hall–Kier alpha value is -2.29. The van der Waals surface area contributed by atoms with Crippen LogP contribution in [-0.2, 0) is 32.6 Å². The van der Waals surface area contributed by atoms with Crippen molar-refractivity contribution in [2.45, 2.75) is 53.1 Å². The molecule has 2 aromatic carbocycles. The highest BCUT2D eigenvalue weighted by Crippen LogP contribution is 2.26. The van der Waals surface area contributed by atoms with Crippen LogP contribution in [0, 0.1) is 5.92 Å². The van der Waals surface area contributed by atoms with Crippen LogP contribution in [0.15, 0.2) is 42.5 Å². The van der Waals surface area contributed by atoms with E-state index in [-0.39, 0.29) is 18.4 Å². The molecule has 0 aliphatic heterocycles. The molecule has 2 aromatic rings. The van der Waals surface area contributed by atoms with Crippen molar-refractivity contribution in [3.8, 4) is 0 Å². The molecule has 0 fully saturated rings. The zero-order chi connectivity index (χ0) is 27.0. The maximum atomic E-state index is 13.8. The van der Waals surface area contributed by atoms with Crippen molar-refractivity contribution in [3.63, 3.8) is 0 Å². The molecule has 7 nitrogen and oxygen atoms in total. The molecule has 0 saturated heterocycles. The van der Waals surface area contributed by atoms with E-state index < -0.39 is 28.5 Å². The van der Waals surface area contributed by atoms with E-state index in [1.54, 1.807) is 30.3 Å². The Labute approximate surface area is 224 Å². The van der Waals surface area contributed by atoms with E-state index in [1.807, 2.05) is 39.8 Å². The molecule has 0 aliphatic rings. The number of aryl methyl sites for hydroxylation is 1. The molecule has 2 amide bonds. The van der Waals surface area contributed by atoms with Crippen LogP contribution in [0.4, 0.5) is 5.69 Å². The molecule has 0 heterocycles. The van der Waals surface area contributed by atoms with E-state index in [4.69, 9.17) is 23.2 Å². The van der Waals surface area contributed by atoms with E-state index in [2.05, 4.69) is 5.32 Å². The molecular formula is C26H35Cl2N3O4S. The van der Waals surface area contributed by atoms with Crippen LogP contribution in [0.25, 0.3) is 0 Å². The van der Waals surface area contributed by atoms with Gasteiger partial charge in [0, 0.05) is 13.1 Å². The largest absolute Gasteiger partial charge is 0.354 e. The topological polar surface area (TPSA) is 86.8 Å². The lowest BCUT2D eigenvalue weighted by molar-refractivity contribution is -0.140. The number of halogens is 2. The molecule has 2 rings (SSSR count). The second-order valence-corrected chi connectivity index (χ2v) is 11.8. The van der Waals surface area contributed by atoms with Crippen LogP contribution < -0.4 is 9.62 Å². The number of carbonyl (C=O) groups is 2. The van der Waals surface area contributed by atoms with Gasteiger partial charge in [0.1, 0.15) is 12.6 Å². The predicted octanol–water partition coefficient (Wildman–Crippen LogP) is 4.90. The summed E-state index contributed by atoms with van der Waals surface area (Å²) in [4.78, 5) is 28.3. The molecule has 0 saturated carbocycles. The second-order valence-electron chi connectivity index (χ2n) is 9.09. The smallest absolute Gasteiger partial charge is 0.244 e. The summed E-state index contributed by atoms with van der Waals surface area (Å²) in [6.07, 6.45) is 2.02. The standard InChI is InChI=1S/C26H35Cl2N3O4S/c1-6-20-10-8-9-11-24(20)31(36(5,34)35)17-25(32)30(16-19-12-13-21(27)22(28)14-19)23(7-2)26(33)29-15-18(3)4/h8-14,18,23H,6-7,15-17H2,1-5H3,(H,29,33)/t23-/m1/s1. The molecule has 0 aliphatic carbocycles. The van der Waals surface area contributed by atoms with Crippen LogP contribution in [0.1, 0.15) is 45.2 Å². The zero-order valence-electron chi connectivity index (χ0n) is 21.4. The van der Waals surface area contributed by atoms with Gasteiger partial charge in [-0.1, -0.05) is 75.2 Å². The van der Waals surface area contributed by atoms with Gasteiger partial charge in [-0.3, -0.25) is 13.9 Å².